The van der Waals surface area contributed by atoms with E-state index in [0.717, 1.165) is 24.1 Å². The number of benzene rings is 1. The van der Waals surface area contributed by atoms with E-state index in [9.17, 15) is 9.59 Å². The van der Waals surface area contributed by atoms with Crippen molar-refractivity contribution in [1.82, 2.24) is 44.5 Å². The molecule has 1 aromatic carbocycles. The minimum Gasteiger partial charge on any atom is -0.496 e. The zero-order chi connectivity index (χ0) is 30.4. The first kappa shape index (κ1) is 27.7. The Morgan fingerprint density at radius 3 is 2.82 bits per heavy atom. The maximum Gasteiger partial charge on any atom is 0.270 e. The van der Waals surface area contributed by atoms with E-state index in [1.807, 2.05) is 18.0 Å². The Labute approximate surface area is 252 Å². The number of likely N-dealkylation sites (tertiary alicyclic amines) is 1. The summed E-state index contributed by atoms with van der Waals surface area (Å²) in [6.45, 7) is 2.32. The molecule has 2 amide bonds. The lowest BCUT2D eigenvalue weighted by atomic mass is 9.87. The van der Waals surface area contributed by atoms with Gasteiger partial charge in [-0.2, -0.15) is 5.10 Å². The highest BCUT2D eigenvalue weighted by Crippen LogP contribution is 2.41. The monoisotopic (exact) mass is 597 g/mol. The molecule has 0 radical (unpaired) electrons. The van der Waals surface area contributed by atoms with Crippen LogP contribution in [0, 0.1) is 5.82 Å². The van der Waals surface area contributed by atoms with Gasteiger partial charge >= 0.3 is 0 Å². The summed E-state index contributed by atoms with van der Waals surface area (Å²) in [5.74, 6) is -0.280. The van der Waals surface area contributed by atoms with Gasteiger partial charge in [-0.1, -0.05) is 5.21 Å². The molecule has 0 unspecified atom stereocenters. The van der Waals surface area contributed by atoms with Crippen molar-refractivity contribution < 1.29 is 18.7 Å². The van der Waals surface area contributed by atoms with E-state index < -0.39 is 5.82 Å². The zero-order valence-corrected chi connectivity index (χ0v) is 24.5. The SMILES string of the molecule is COc1ccncc1-c1cc([C@H]2CCCN(C(=O)CCn3ccnn3)C2)c(F)c2[nH]c(C(=O)N3Cc4cnn(C)c4C3)cc12. The fourth-order valence-electron chi connectivity index (χ4n) is 6.46. The van der Waals surface area contributed by atoms with E-state index in [-0.39, 0.29) is 29.7 Å². The van der Waals surface area contributed by atoms with Gasteiger partial charge in [0.2, 0.25) is 5.91 Å². The molecule has 2 aliphatic rings. The fourth-order valence-corrected chi connectivity index (χ4v) is 6.46. The first-order valence-corrected chi connectivity index (χ1v) is 14.7. The first-order chi connectivity index (χ1) is 21.4. The number of aryl methyl sites for hydroxylation is 2. The lowest BCUT2D eigenvalue weighted by Crippen LogP contribution is -2.39. The van der Waals surface area contributed by atoms with Crippen LogP contribution >= 0.6 is 0 Å². The lowest BCUT2D eigenvalue weighted by molar-refractivity contribution is -0.132. The van der Waals surface area contributed by atoms with Gasteiger partial charge in [-0.3, -0.25) is 23.9 Å². The molecule has 6 heterocycles. The molecule has 7 rings (SSSR count). The summed E-state index contributed by atoms with van der Waals surface area (Å²) in [6, 6.07) is 5.31. The number of nitrogens with one attached hydrogen (secondary N) is 1. The molecule has 44 heavy (non-hydrogen) atoms. The maximum atomic E-state index is 16.5. The number of pyridine rings is 1. The maximum absolute atomic E-state index is 16.5. The quantitative estimate of drug-likeness (QED) is 0.303. The minimum atomic E-state index is -0.415. The van der Waals surface area contributed by atoms with Crippen molar-refractivity contribution in [1.29, 1.82) is 0 Å². The summed E-state index contributed by atoms with van der Waals surface area (Å²) < 4.78 is 25.6. The lowest BCUT2D eigenvalue weighted by Gasteiger charge is -2.33. The van der Waals surface area contributed by atoms with Crippen LogP contribution in [-0.2, 0) is 31.5 Å². The Bertz CT molecular complexity index is 1860. The predicted octanol–water partition coefficient (Wildman–Crippen LogP) is 3.65. The van der Waals surface area contributed by atoms with Crippen LogP contribution in [0.1, 0.15) is 52.5 Å². The second kappa shape index (κ2) is 11.2. The second-order valence-corrected chi connectivity index (χ2v) is 11.4. The molecule has 0 bridgehead atoms. The Balaban J connectivity index is 1.24. The molecule has 5 aromatic rings. The number of piperidine rings is 1. The van der Waals surface area contributed by atoms with Gasteiger partial charge in [-0.15, -0.1) is 5.10 Å². The molecular weight excluding hydrogens is 565 g/mol. The van der Waals surface area contributed by atoms with E-state index in [0.29, 0.717) is 66.2 Å². The highest BCUT2D eigenvalue weighted by Gasteiger charge is 2.32. The van der Waals surface area contributed by atoms with Crippen molar-refractivity contribution in [3.05, 3.63) is 77.5 Å². The van der Waals surface area contributed by atoms with Crippen LogP contribution in [0.25, 0.3) is 22.0 Å². The number of H-pyrrole nitrogens is 1. The largest absolute Gasteiger partial charge is 0.496 e. The van der Waals surface area contributed by atoms with Crippen LogP contribution in [0.5, 0.6) is 5.75 Å². The number of rotatable bonds is 7. The van der Waals surface area contributed by atoms with Crippen molar-refractivity contribution >= 4 is 22.7 Å². The molecular formula is C31H32FN9O3. The van der Waals surface area contributed by atoms with Crippen LogP contribution in [0.3, 0.4) is 0 Å². The van der Waals surface area contributed by atoms with Crippen molar-refractivity contribution in [3.63, 3.8) is 0 Å². The Morgan fingerprint density at radius 1 is 1.14 bits per heavy atom. The van der Waals surface area contributed by atoms with Crippen LogP contribution in [0.4, 0.5) is 4.39 Å². The molecule has 0 aliphatic carbocycles. The molecule has 4 aromatic heterocycles. The van der Waals surface area contributed by atoms with Crippen molar-refractivity contribution in [2.24, 2.45) is 7.05 Å². The average Bonchev–Trinajstić information content (AvgIpc) is 3.86. The van der Waals surface area contributed by atoms with E-state index in [1.54, 1.807) is 64.5 Å². The number of methoxy groups -OCH3 is 1. The highest BCUT2D eigenvalue weighted by atomic mass is 19.1. The molecule has 12 nitrogen and oxygen atoms in total. The molecule has 1 fully saturated rings. The number of ether oxygens (including phenoxy) is 1. The molecule has 0 saturated carbocycles. The highest BCUT2D eigenvalue weighted by molar-refractivity contribution is 6.04. The summed E-state index contributed by atoms with van der Waals surface area (Å²) >= 11 is 0. The van der Waals surface area contributed by atoms with Gasteiger partial charge in [-0.05, 0) is 42.2 Å². The van der Waals surface area contributed by atoms with Gasteiger partial charge in [0.25, 0.3) is 5.91 Å². The standard InChI is InChI=1S/C31H32FN9O3/c1-38-26-18-40(17-20(26)14-35-38)31(43)25-13-23-22(24-15-33-7-5-27(24)44-2)12-21(29(32)30(23)36-25)19-4-3-9-39(16-19)28(42)6-10-41-11-8-34-37-41/h5,7-8,11-15,19,36H,3-4,6,9-10,16-18H2,1-2H3/t19-/m0/s1. The minimum absolute atomic E-state index is 0.00426. The topological polar surface area (TPSA) is 127 Å². The van der Waals surface area contributed by atoms with Gasteiger partial charge in [0.05, 0.1) is 43.8 Å². The fraction of sp³-hybridized carbons (Fsp3) is 0.355. The molecule has 13 heteroatoms. The second-order valence-electron chi connectivity index (χ2n) is 11.4. The van der Waals surface area contributed by atoms with Gasteiger partial charge in [0.15, 0.2) is 5.82 Å². The number of carbonyl (C=O) groups excluding carboxylic acids is 2. The number of aromatic amines is 1. The molecule has 1 saturated heterocycles. The number of hydrogen-bond acceptors (Lipinski definition) is 7. The van der Waals surface area contributed by atoms with Gasteiger partial charge in [0, 0.05) is 74.1 Å². The number of fused-ring (bicyclic) bond motifs is 2. The third-order valence-electron chi connectivity index (χ3n) is 8.78. The van der Waals surface area contributed by atoms with Crippen molar-refractivity contribution in [3.8, 4) is 16.9 Å². The van der Waals surface area contributed by atoms with Crippen LogP contribution in [0.15, 0.2) is 49.2 Å². The Morgan fingerprint density at radius 2 is 2.02 bits per heavy atom. The average molecular weight is 598 g/mol. The number of halogens is 1. The summed E-state index contributed by atoms with van der Waals surface area (Å²) in [4.78, 5) is 37.8. The van der Waals surface area contributed by atoms with E-state index in [1.165, 1.54) is 0 Å². The zero-order valence-electron chi connectivity index (χ0n) is 24.5. The van der Waals surface area contributed by atoms with E-state index >= 15 is 4.39 Å². The summed E-state index contributed by atoms with van der Waals surface area (Å²) in [5.41, 5.74) is 4.43. The number of amides is 2. The number of nitrogens with zero attached hydrogens (tertiary/aromatic N) is 8. The van der Waals surface area contributed by atoms with Crippen molar-refractivity contribution in [2.75, 3.05) is 20.2 Å². The summed E-state index contributed by atoms with van der Waals surface area (Å²) in [6.07, 6.45) is 10.2. The summed E-state index contributed by atoms with van der Waals surface area (Å²) in [7, 11) is 3.44. The first-order valence-electron chi connectivity index (χ1n) is 14.7. The molecule has 1 N–H and O–H groups in total. The molecule has 2 aliphatic heterocycles. The normalized spacial score (nSPS) is 16.5. The third kappa shape index (κ3) is 4.87. The van der Waals surface area contributed by atoms with Crippen LogP contribution in [-0.4, -0.2) is 76.6 Å². The van der Waals surface area contributed by atoms with Crippen LogP contribution in [0.2, 0.25) is 0 Å². The van der Waals surface area contributed by atoms with E-state index in [4.69, 9.17) is 4.74 Å². The van der Waals surface area contributed by atoms with Gasteiger partial charge in [-0.25, -0.2) is 4.39 Å². The predicted molar refractivity (Wildman–Crippen MR) is 158 cm³/mol. The van der Waals surface area contributed by atoms with Crippen molar-refractivity contribution in [2.45, 2.75) is 44.8 Å². The Kier molecular flexibility index (Phi) is 7.07. The summed E-state index contributed by atoms with van der Waals surface area (Å²) in [5, 5.41) is 12.6. The van der Waals surface area contributed by atoms with Gasteiger partial charge in [0.1, 0.15) is 11.4 Å². The number of carbonyl (C=O) groups is 2. The van der Waals surface area contributed by atoms with Crippen LogP contribution < -0.4 is 4.74 Å². The molecule has 1 atom stereocenters. The Hall–Kier alpha value is -5.07. The number of aromatic nitrogens is 7. The molecule has 0 spiro atoms. The third-order valence-corrected chi connectivity index (χ3v) is 8.78. The van der Waals surface area contributed by atoms with Gasteiger partial charge < -0.3 is 19.5 Å². The number of hydrogen-bond donors (Lipinski definition) is 1. The van der Waals surface area contributed by atoms with E-state index in [2.05, 4.69) is 25.4 Å². The smallest absolute Gasteiger partial charge is 0.270 e. The molecule has 226 valence electrons.